The molecule has 0 bridgehead atoms. The van der Waals surface area contributed by atoms with E-state index in [0.717, 1.165) is 21.2 Å². The Hall–Kier alpha value is -1.77. The van der Waals surface area contributed by atoms with Crippen molar-refractivity contribution in [2.75, 3.05) is 20.1 Å². The first-order chi connectivity index (χ1) is 10.9. The van der Waals surface area contributed by atoms with Gasteiger partial charge in [-0.15, -0.1) is 11.3 Å². The average Bonchev–Trinajstić information content (AvgIpc) is 3.04. The van der Waals surface area contributed by atoms with Crippen LogP contribution in [0, 0.1) is 5.82 Å². The van der Waals surface area contributed by atoms with E-state index in [1.807, 2.05) is 0 Å². The number of hydrogen-bond donors (Lipinski definition) is 1. The minimum atomic E-state index is -3.62. The van der Waals surface area contributed by atoms with Gasteiger partial charge in [0, 0.05) is 13.6 Å². The molecule has 8 heteroatoms. The number of amides is 1. The number of halogens is 1. The topological polar surface area (TPSA) is 66.5 Å². The van der Waals surface area contributed by atoms with Crippen molar-refractivity contribution in [1.82, 2.24) is 9.62 Å². The van der Waals surface area contributed by atoms with Gasteiger partial charge in [-0.3, -0.25) is 4.79 Å². The summed E-state index contributed by atoms with van der Waals surface area (Å²) < 4.78 is 38.4. The first-order valence-electron chi connectivity index (χ1n) is 6.90. The zero-order valence-electron chi connectivity index (χ0n) is 12.5. The van der Waals surface area contributed by atoms with E-state index in [0.29, 0.717) is 13.0 Å². The predicted octanol–water partition coefficient (Wildman–Crippen LogP) is 1.87. The van der Waals surface area contributed by atoms with E-state index in [2.05, 4.69) is 5.32 Å². The van der Waals surface area contributed by atoms with E-state index in [1.165, 1.54) is 25.2 Å². The van der Waals surface area contributed by atoms with E-state index in [1.54, 1.807) is 23.6 Å². The van der Waals surface area contributed by atoms with Gasteiger partial charge in [0.05, 0.1) is 6.54 Å². The van der Waals surface area contributed by atoms with Gasteiger partial charge in [-0.2, -0.15) is 4.31 Å². The summed E-state index contributed by atoms with van der Waals surface area (Å²) in [6.07, 6.45) is 0.549. The molecule has 0 aliphatic heterocycles. The highest BCUT2D eigenvalue weighted by molar-refractivity contribution is 7.91. The molecule has 0 unspecified atom stereocenters. The van der Waals surface area contributed by atoms with Gasteiger partial charge in [0.1, 0.15) is 10.0 Å². The molecular weight excluding hydrogens is 339 g/mol. The van der Waals surface area contributed by atoms with E-state index in [-0.39, 0.29) is 22.5 Å². The van der Waals surface area contributed by atoms with Crippen LogP contribution in [0.1, 0.15) is 5.56 Å². The second-order valence-corrected chi connectivity index (χ2v) is 8.14. The maximum Gasteiger partial charge on any atom is 0.252 e. The molecule has 1 amide bonds. The molecule has 124 valence electrons. The smallest absolute Gasteiger partial charge is 0.252 e. The third kappa shape index (κ3) is 4.85. The van der Waals surface area contributed by atoms with Crippen molar-refractivity contribution in [2.24, 2.45) is 0 Å². The quantitative estimate of drug-likeness (QED) is 0.824. The molecule has 1 aromatic carbocycles. The van der Waals surface area contributed by atoms with Crippen molar-refractivity contribution in [3.05, 3.63) is 53.2 Å². The number of benzene rings is 1. The fourth-order valence-electron chi connectivity index (χ4n) is 1.90. The van der Waals surface area contributed by atoms with Crippen LogP contribution in [0.25, 0.3) is 0 Å². The van der Waals surface area contributed by atoms with Gasteiger partial charge in [-0.1, -0.05) is 18.2 Å². The number of hydrogen-bond acceptors (Lipinski definition) is 4. The normalized spacial score (nSPS) is 11.6. The van der Waals surface area contributed by atoms with Crippen LogP contribution in [0.2, 0.25) is 0 Å². The summed E-state index contributed by atoms with van der Waals surface area (Å²) in [6.45, 7) is 0.112. The number of thiophene rings is 1. The highest BCUT2D eigenvalue weighted by atomic mass is 32.2. The van der Waals surface area contributed by atoms with Gasteiger partial charge in [0.2, 0.25) is 5.91 Å². The standard InChI is InChI=1S/C15H17FN2O3S2/c1-18(23(20,21)15-3-2-10-22-15)11-14(19)17-9-8-12-4-6-13(16)7-5-12/h2-7,10H,8-9,11H2,1H3,(H,17,19). The fourth-order valence-corrected chi connectivity index (χ4v) is 4.23. The Morgan fingerprint density at radius 1 is 1.26 bits per heavy atom. The van der Waals surface area contributed by atoms with Crippen molar-refractivity contribution in [3.8, 4) is 0 Å². The number of carbonyl (C=O) groups excluding carboxylic acids is 1. The van der Waals surface area contributed by atoms with Crippen LogP contribution in [0.4, 0.5) is 4.39 Å². The van der Waals surface area contributed by atoms with Crippen LogP contribution in [0.3, 0.4) is 0 Å². The third-order valence-corrected chi connectivity index (χ3v) is 6.35. The fraction of sp³-hybridized carbons (Fsp3) is 0.267. The van der Waals surface area contributed by atoms with Gasteiger partial charge < -0.3 is 5.32 Å². The van der Waals surface area contributed by atoms with Crippen LogP contribution >= 0.6 is 11.3 Å². The largest absolute Gasteiger partial charge is 0.355 e. The Kier molecular flexibility index (Phi) is 5.86. The average molecular weight is 356 g/mol. The minimum Gasteiger partial charge on any atom is -0.355 e. The van der Waals surface area contributed by atoms with Gasteiger partial charge >= 0.3 is 0 Å². The molecule has 0 fully saturated rings. The van der Waals surface area contributed by atoms with Crippen molar-refractivity contribution in [2.45, 2.75) is 10.6 Å². The third-order valence-electron chi connectivity index (χ3n) is 3.17. The van der Waals surface area contributed by atoms with Gasteiger partial charge in [0.15, 0.2) is 0 Å². The summed E-state index contributed by atoms with van der Waals surface area (Å²) in [5.74, 6) is -0.687. The summed E-state index contributed by atoms with van der Waals surface area (Å²) in [6, 6.07) is 9.16. The SMILES string of the molecule is CN(CC(=O)NCCc1ccc(F)cc1)S(=O)(=O)c1cccs1. The lowest BCUT2D eigenvalue weighted by molar-refractivity contribution is -0.121. The second kappa shape index (κ2) is 7.67. The van der Waals surface area contributed by atoms with Crippen molar-refractivity contribution >= 4 is 27.3 Å². The molecule has 2 rings (SSSR count). The van der Waals surface area contributed by atoms with Crippen LogP contribution in [-0.4, -0.2) is 38.8 Å². The number of rotatable bonds is 7. The Morgan fingerprint density at radius 3 is 2.57 bits per heavy atom. The van der Waals surface area contributed by atoms with Crippen molar-refractivity contribution in [3.63, 3.8) is 0 Å². The molecule has 1 heterocycles. The summed E-state index contributed by atoms with van der Waals surface area (Å²) in [4.78, 5) is 11.8. The Balaban J connectivity index is 1.81. The van der Waals surface area contributed by atoms with Gasteiger partial charge in [-0.25, -0.2) is 12.8 Å². The summed E-state index contributed by atoms with van der Waals surface area (Å²) in [5, 5.41) is 4.33. The number of nitrogens with zero attached hydrogens (tertiary/aromatic N) is 1. The van der Waals surface area contributed by atoms with E-state index in [4.69, 9.17) is 0 Å². The first kappa shape index (κ1) is 17.6. The molecule has 0 atom stereocenters. The van der Waals surface area contributed by atoms with Crippen molar-refractivity contribution < 1.29 is 17.6 Å². The maximum absolute atomic E-state index is 12.8. The highest BCUT2D eigenvalue weighted by Crippen LogP contribution is 2.19. The van der Waals surface area contributed by atoms with Crippen LogP contribution in [-0.2, 0) is 21.2 Å². The highest BCUT2D eigenvalue weighted by Gasteiger charge is 2.23. The number of sulfonamides is 1. The molecular formula is C15H17FN2O3S2. The lowest BCUT2D eigenvalue weighted by Gasteiger charge is -2.15. The second-order valence-electron chi connectivity index (χ2n) is 4.92. The Labute approximate surface area is 138 Å². The van der Waals surface area contributed by atoms with E-state index >= 15 is 0 Å². The maximum atomic E-state index is 12.8. The molecule has 0 spiro atoms. The number of nitrogens with one attached hydrogen (secondary N) is 1. The monoisotopic (exact) mass is 356 g/mol. The number of carbonyl (C=O) groups is 1. The Morgan fingerprint density at radius 2 is 1.96 bits per heavy atom. The molecule has 0 radical (unpaired) electrons. The van der Waals surface area contributed by atoms with E-state index in [9.17, 15) is 17.6 Å². The van der Waals surface area contributed by atoms with Gasteiger partial charge in [-0.05, 0) is 35.6 Å². The lowest BCUT2D eigenvalue weighted by Crippen LogP contribution is -2.38. The molecule has 0 saturated carbocycles. The van der Waals surface area contributed by atoms with Crippen molar-refractivity contribution in [1.29, 1.82) is 0 Å². The van der Waals surface area contributed by atoms with Crippen LogP contribution < -0.4 is 5.32 Å². The zero-order chi connectivity index (χ0) is 16.9. The molecule has 0 aliphatic rings. The minimum absolute atomic E-state index is 0.208. The van der Waals surface area contributed by atoms with Crippen LogP contribution in [0.5, 0.6) is 0 Å². The molecule has 2 aromatic rings. The van der Waals surface area contributed by atoms with Gasteiger partial charge in [0.25, 0.3) is 10.0 Å². The number of likely N-dealkylation sites (N-methyl/N-ethyl adjacent to an activating group) is 1. The van der Waals surface area contributed by atoms with E-state index < -0.39 is 10.0 Å². The molecule has 5 nitrogen and oxygen atoms in total. The molecule has 1 N–H and O–H groups in total. The molecule has 23 heavy (non-hydrogen) atoms. The summed E-state index contributed by atoms with van der Waals surface area (Å²) >= 11 is 1.11. The van der Waals surface area contributed by atoms with Crippen LogP contribution in [0.15, 0.2) is 46.0 Å². The lowest BCUT2D eigenvalue weighted by atomic mass is 10.1. The zero-order valence-corrected chi connectivity index (χ0v) is 14.2. The summed E-state index contributed by atoms with van der Waals surface area (Å²) in [7, 11) is -2.25. The molecule has 0 aliphatic carbocycles. The predicted molar refractivity (Wildman–Crippen MR) is 87.2 cm³/mol. The molecule has 1 aromatic heterocycles. The molecule has 0 saturated heterocycles. The Bertz CT molecular complexity index is 744. The first-order valence-corrected chi connectivity index (χ1v) is 9.22. The summed E-state index contributed by atoms with van der Waals surface area (Å²) in [5.41, 5.74) is 0.895.